The summed E-state index contributed by atoms with van der Waals surface area (Å²) in [5.41, 5.74) is 1.23. The summed E-state index contributed by atoms with van der Waals surface area (Å²) in [6, 6.07) is 10.3. The van der Waals surface area contributed by atoms with Gasteiger partial charge in [0.25, 0.3) is 0 Å². The zero-order valence-corrected chi connectivity index (χ0v) is 12.8. The summed E-state index contributed by atoms with van der Waals surface area (Å²) in [5.74, 6) is 1.13. The summed E-state index contributed by atoms with van der Waals surface area (Å²) in [7, 11) is 0. The Bertz CT molecular complexity index is 454. The SMILES string of the molecule is O=C1C(Cc2ccccc2)NCN1CCC1CCCCC1. The molecule has 1 unspecified atom stereocenters. The monoisotopic (exact) mass is 286 g/mol. The maximum Gasteiger partial charge on any atom is 0.241 e. The Morgan fingerprint density at radius 3 is 2.62 bits per heavy atom. The highest BCUT2D eigenvalue weighted by molar-refractivity contribution is 5.84. The van der Waals surface area contributed by atoms with Crippen LogP contribution in [-0.4, -0.2) is 30.1 Å². The van der Waals surface area contributed by atoms with Crippen LogP contribution in [0.2, 0.25) is 0 Å². The normalized spacial score (nSPS) is 23.7. The van der Waals surface area contributed by atoms with Gasteiger partial charge in [0, 0.05) is 6.54 Å². The molecule has 1 aliphatic heterocycles. The number of carbonyl (C=O) groups excluding carboxylic acids is 1. The summed E-state index contributed by atoms with van der Waals surface area (Å²) in [4.78, 5) is 14.5. The van der Waals surface area contributed by atoms with Crippen LogP contribution in [-0.2, 0) is 11.2 Å². The molecule has 1 heterocycles. The summed E-state index contributed by atoms with van der Waals surface area (Å²) in [6.07, 6.45) is 8.89. The van der Waals surface area contributed by atoms with Crippen molar-refractivity contribution in [2.24, 2.45) is 5.92 Å². The Morgan fingerprint density at radius 2 is 1.86 bits per heavy atom. The van der Waals surface area contributed by atoms with Crippen molar-refractivity contribution in [3.8, 4) is 0 Å². The third-order valence-corrected chi connectivity index (χ3v) is 4.95. The molecular formula is C18H26N2O. The Labute approximate surface area is 127 Å². The van der Waals surface area contributed by atoms with E-state index in [4.69, 9.17) is 0 Å². The van der Waals surface area contributed by atoms with Gasteiger partial charge in [-0.25, -0.2) is 0 Å². The fraction of sp³-hybridized carbons (Fsp3) is 0.611. The first kappa shape index (κ1) is 14.6. The average Bonchev–Trinajstić information content (AvgIpc) is 2.88. The zero-order chi connectivity index (χ0) is 14.5. The van der Waals surface area contributed by atoms with Gasteiger partial charge in [0.05, 0.1) is 12.7 Å². The summed E-state index contributed by atoms with van der Waals surface area (Å²) in [6.45, 7) is 1.66. The first-order valence-corrected chi connectivity index (χ1v) is 8.39. The van der Waals surface area contributed by atoms with Crippen molar-refractivity contribution in [2.75, 3.05) is 13.2 Å². The van der Waals surface area contributed by atoms with E-state index in [9.17, 15) is 4.79 Å². The minimum absolute atomic E-state index is 0.0289. The van der Waals surface area contributed by atoms with Crippen LogP contribution in [0.3, 0.4) is 0 Å². The van der Waals surface area contributed by atoms with Gasteiger partial charge in [0.15, 0.2) is 0 Å². The van der Waals surface area contributed by atoms with Crippen molar-refractivity contribution < 1.29 is 4.79 Å². The number of hydrogen-bond acceptors (Lipinski definition) is 2. The molecule has 2 fully saturated rings. The van der Waals surface area contributed by atoms with Crippen LogP contribution in [0.5, 0.6) is 0 Å². The molecule has 3 nitrogen and oxygen atoms in total. The molecule has 1 aromatic rings. The second-order valence-electron chi connectivity index (χ2n) is 6.50. The van der Waals surface area contributed by atoms with E-state index in [1.807, 2.05) is 23.1 Å². The second-order valence-corrected chi connectivity index (χ2v) is 6.50. The molecule has 1 saturated heterocycles. The molecule has 0 radical (unpaired) electrons. The number of hydrogen-bond donors (Lipinski definition) is 1. The fourth-order valence-corrected chi connectivity index (χ4v) is 3.62. The minimum Gasteiger partial charge on any atom is -0.329 e. The lowest BCUT2D eigenvalue weighted by Gasteiger charge is -2.24. The fourth-order valence-electron chi connectivity index (χ4n) is 3.62. The van der Waals surface area contributed by atoms with Crippen molar-refractivity contribution in [3.05, 3.63) is 35.9 Å². The van der Waals surface area contributed by atoms with Gasteiger partial charge in [-0.05, 0) is 24.3 Å². The second kappa shape index (κ2) is 7.08. The first-order valence-electron chi connectivity index (χ1n) is 8.39. The van der Waals surface area contributed by atoms with Gasteiger partial charge in [0.2, 0.25) is 5.91 Å². The quantitative estimate of drug-likeness (QED) is 0.902. The van der Waals surface area contributed by atoms with Crippen LogP contribution in [0, 0.1) is 5.92 Å². The van der Waals surface area contributed by atoms with Crippen molar-refractivity contribution in [3.63, 3.8) is 0 Å². The highest BCUT2D eigenvalue weighted by Crippen LogP contribution is 2.26. The Kier molecular flexibility index (Phi) is 4.91. The molecule has 1 aromatic carbocycles. The lowest BCUT2D eigenvalue weighted by atomic mass is 9.87. The van der Waals surface area contributed by atoms with Gasteiger partial charge in [-0.1, -0.05) is 62.4 Å². The van der Waals surface area contributed by atoms with Crippen molar-refractivity contribution >= 4 is 5.91 Å². The van der Waals surface area contributed by atoms with Gasteiger partial charge in [-0.15, -0.1) is 0 Å². The first-order chi connectivity index (χ1) is 10.3. The Balaban J connectivity index is 1.47. The number of nitrogens with one attached hydrogen (secondary N) is 1. The van der Waals surface area contributed by atoms with Crippen LogP contribution >= 0.6 is 0 Å². The molecule has 2 aliphatic rings. The van der Waals surface area contributed by atoms with E-state index in [1.165, 1.54) is 44.1 Å². The third kappa shape index (κ3) is 3.85. The van der Waals surface area contributed by atoms with E-state index < -0.39 is 0 Å². The van der Waals surface area contributed by atoms with Crippen LogP contribution in [0.15, 0.2) is 30.3 Å². The lowest BCUT2D eigenvalue weighted by molar-refractivity contribution is -0.129. The van der Waals surface area contributed by atoms with Crippen LogP contribution in [0.25, 0.3) is 0 Å². The maximum atomic E-state index is 12.4. The number of benzene rings is 1. The Morgan fingerprint density at radius 1 is 1.10 bits per heavy atom. The van der Waals surface area contributed by atoms with E-state index in [0.29, 0.717) is 0 Å². The van der Waals surface area contributed by atoms with Crippen molar-refractivity contribution in [1.29, 1.82) is 0 Å². The predicted molar refractivity (Wildman–Crippen MR) is 84.8 cm³/mol. The third-order valence-electron chi connectivity index (χ3n) is 4.95. The molecule has 3 rings (SSSR count). The molecule has 114 valence electrons. The summed E-state index contributed by atoms with van der Waals surface area (Å²) >= 11 is 0. The molecule has 0 spiro atoms. The molecule has 1 atom stereocenters. The minimum atomic E-state index is -0.0289. The molecule has 1 N–H and O–H groups in total. The van der Waals surface area contributed by atoms with Gasteiger partial charge in [0.1, 0.15) is 0 Å². The molecule has 21 heavy (non-hydrogen) atoms. The Hall–Kier alpha value is -1.35. The highest BCUT2D eigenvalue weighted by atomic mass is 16.2. The number of nitrogens with zero attached hydrogens (tertiary/aromatic N) is 1. The van der Waals surface area contributed by atoms with E-state index in [0.717, 1.165) is 25.6 Å². The van der Waals surface area contributed by atoms with Gasteiger partial charge in [-0.2, -0.15) is 0 Å². The topological polar surface area (TPSA) is 32.3 Å². The van der Waals surface area contributed by atoms with E-state index in [1.54, 1.807) is 0 Å². The maximum absolute atomic E-state index is 12.4. The van der Waals surface area contributed by atoms with Gasteiger partial charge in [-0.3, -0.25) is 10.1 Å². The van der Waals surface area contributed by atoms with Gasteiger partial charge >= 0.3 is 0 Å². The molecule has 0 aromatic heterocycles. The van der Waals surface area contributed by atoms with Crippen LogP contribution in [0.4, 0.5) is 0 Å². The molecule has 1 saturated carbocycles. The molecule has 1 aliphatic carbocycles. The summed E-state index contributed by atoms with van der Waals surface area (Å²) < 4.78 is 0. The van der Waals surface area contributed by atoms with E-state index >= 15 is 0 Å². The number of rotatable bonds is 5. The highest BCUT2D eigenvalue weighted by Gasteiger charge is 2.31. The summed E-state index contributed by atoms with van der Waals surface area (Å²) in [5, 5.41) is 3.37. The molecular weight excluding hydrogens is 260 g/mol. The lowest BCUT2D eigenvalue weighted by Crippen LogP contribution is -2.33. The molecule has 0 bridgehead atoms. The zero-order valence-electron chi connectivity index (χ0n) is 12.8. The standard InChI is InChI=1S/C18H26N2O/c21-18-17(13-16-9-5-2-6-10-16)19-14-20(18)12-11-15-7-3-1-4-8-15/h2,5-6,9-10,15,17,19H,1,3-4,7-8,11-14H2. The number of carbonyl (C=O) groups is 1. The smallest absolute Gasteiger partial charge is 0.241 e. The molecule has 1 amide bonds. The average molecular weight is 286 g/mol. The van der Waals surface area contributed by atoms with Crippen molar-refractivity contribution in [2.45, 2.75) is 51.0 Å². The predicted octanol–water partition coefficient (Wildman–Crippen LogP) is 2.96. The van der Waals surface area contributed by atoms with Gasteiger partial charge < -0.3 is 4.90 Å². The van der Waals surface area contributed by atoms with Crippen LogP contribution < -0.4 is 5.32 Å². The number of amides is 1. The van der Waals surface area contributed by atoms with E-state index in [-0.39, 0.29) is 11.9 Å². The van der Waals surface area contributed by atoms with Crippen molar-refractivity contribution in [1.82, 2.24) is 10.2 Å². The molecule has 3 heteroatoms. The van der Waals surface area contributed by atoms with E-state index in [2.05, 4.69) is 17.4 Å². The largest absolute Gasteiger partial charge is 0.329 e. The van der Waals surface area contributed by atoms with Crippen LogP contribution in [0.1, 0.15) is 44.1 Å².